The van der Waals surface area contributed by atoms with E-state index in [4.69, 9.17) is 18.9 Å². The Labute approximate surface area is 212 Å². The minimum absolute atomic E-state index is 0.402. The van der Waals surface area contributed by atoms with Crippen molar-refractivity contribution in [1.82, 2.24) is 0 Å². The van der Waals surface area contributed by atoms with Crippen LogP contribution in [0.15, 0.2) is 12.0 Å². The highest BCUT2D eigenvalue weighted by atomic mass is 16.6. The molecule has 5 atom stereocenters. The van der Waals surface area contributed by atoms with Gasteiger partial charge in [0, 0.05) is 0 Å². The van der Waals surface area contributed by atoms with Crippen molar-refractivity contribution in [2.75, 3.05) is 19.8 Å². The Morgan fingerprint density at radius 1 is 0.714 bits per heavy atom. The lowest BCUT2D eigenvalue weighted by Gasteiger charge is -2.57. The number of epoxide rings is 2. The molecule has 0 amide bonds. The van der Waals surface area contributed by atoms with Crippen LogP contribution in [-0.2, 0) is 18.9 Å². The monoisotopic (exact) mass is 484 g/mol. The van der Waals surface area contributed by atoms with Gasteiger partial charge in [0.15, 0.2) is 5.76 Å². The predicted octanol–water partition coefficient (Wildman–Crippen LogP) is 7.02. The molecule has 7 aliphatic rings. The maximum absolute atomic E-state index is 6.32. The maximum Gasteiger partial charge on any atom is 0.168 e. The van der Waals surface area contributed by atoms with E-state index in [0.717, 1.165) is 61.1 Å². The summed E-state index contributed by atoms with van der Waals surface area (Å²) >= 11 is 0. The highest BCUT2D eigenvalue weighted by molar-refractivity contribution is 5.13. The third-order valence-corrected chi connectivity index (χ3v) is 11.9. The van der Waals surface area contributed by atoms with Gasteiger partial charge in [0.1, 0.15) is 19.0 Å². The van der Waals surface area contributed by atoms with Gasteiger partial charge in [-0.1, -0.05) is 25.7 Å². The van der Waals surface area contributed by atoms with Crippen LogP contribution in [0.2, 0.25) is 0 Å². The van der Waals surface area contributed by atoms with E-state index in [9.17, 15) is 0 Å². The zero-order chi connectivity index (χ0) is 23.2. The van der Waals surface area contributed by atoms with E-state index in [1.807, 2.05) is 6.26 Å². The molecule has 4 heteroatoms. The van der Waals surface area contributed by atoms with Crippen LogP contribution in [0.3, 0.4) is 0 Å². The molecule has 2 heterocycles. The van der Waals surface area contributed by atoms with E-state index in [1.54, 1.807) is 12.8 Å². The lowest BCUT2D eigenvalue weighted by molar-refractivity contribution is -0.0995. The molecular weight excluding hydrogens is 436 g/mol. The second kappa shape index (κ2) is 9.86. The van der Waals surface area contributed by atoms with Crippen LogP contribution in [0.5, 0.6) is 0 Å². The van der Waals surface area contributed by atoms with Crippen LogP contribution in [-0.4, -0.2) is 38.1 Å². The van der Waals surface area contributed by atoms with Crippen molar-refractivity contribution < 1.29 is 18.9 Å². The summed E-state index contributed by atoms with van der Waals surface area (Å²) in [5, 5.41) is 0. The summed E-state index contributed by atoms with van der Waals surface area (Å²) in [5.41, 5.74) is 0.615. The maximum atomic E-state index is 6.32. The summed E-state index contributed by atoms with van der Waals surface area (Å²) in [6.45, 7) is 2.53. The molecule has 5 aliphatic carbocycles. The Bertz CT molecular complexity index is 730. The first-order chi connectivity index (χ1) is 17.3. The summed E-state index contributed by atoms with van der Waals surface area (Å²) < 4.78 is 23.2. The molecule has 2 aliphatic heterocycles. The largest absolute Gasteiger partial charge is 0.494 e. The third kappa shape index (κ3) is 4.47. The van der Waals surface area contributed by atoms with E-state index in [1.165, 1.54) is 89.9 Å². The zero-order valence-electron chi connectivity index (χ0n) is 21.8. The van der Waals surface area contributed by atoms with Gasteiger partial charge >= 0.3 is 0 Å². The molecule has 7 fully saturated rings. The Morgan fingerprint density at radius 2 is 1.26 bits per heavy atom. The molecule has 0 aromatic heterocycles. The average Bonchev–Trinajstić information content (AvgIpc) is 3.85. The summed E-state index contributed by atoms with van der Waals surface area (Å²) in [4.78, 5) is 0. The van der Waals surface area contributed by atoms with Gasteiger partial charge in [-0.15, -0.1) is 0 Å². The van der Waals surface area contributed by atoms with Gasteiger partial charge in [0.25, 0.3) is 0 Å². The SMILES string of the molecule is C(/OC1CCC(C2(C3CCC(OCC4CO4)CC3)C3CCCCC3C3CCCCC32)CC1)=C1\CO1. The fraction of sp³-hybridized carbons (Fsp3) is 0.935. The molecule has 4 nitrogen and oxygen atoms in total. The summed E-state index contributed by atoms with van der Waals surface area (Å²) in [6, 6.07) is 0. The highest BCUT2D eigenvalue weighted by Gasteiger charge is 2.65. The van der Waals surface area contributed by atoms with Crippen LogP contribution < -0.4 is 0 Å². The topological polar surface area (TPSA) is 43.5 Å². The van der Waals surface area contributed by atoms with Gasteiger partial charge in [-0.3, -0.25) is 0 Å². The van der Waals surface area contributed by atoms with Gasteiger partial charge in [-0.05, 0) is 118 Å². The van der Waals surface area contributed by atoms with E-state index in [0.29, 0.717) is 23.7 Å². The number of hydrogen-bond acceptors (Lipinski definition) is 4. The molecule has 2 saturated heterocycles. The van der Waals surface area contributed by atoms with Crippen molar-refractivity contribution in [3.05, 3.63) is 12.0 Å². The lowest BCUT2D eigenvalue weighted by atomic mass is 9.48. The van der Waals surface area contributed by atoms with Crippen LogP contribution in [0.4, 0.5) is 0 Å². The Morgan fingerprint density at radius 3 is 1.80 bits per heavy atom. The van der Waals surface area contributed by atoms with Gasteiger partial charge in [0.2, 0.25) is 0 Å². The van der Waals surface area contributed by atoms with Crippen molar-refractivity contribution >= 4 is 0 Å². The first kappa shape index (κ1) is 23.4. The van der Waals surface area contributed by atoms with E-state index < -0.39 is 0 Å². The summed E-state index contributed by atoms with van der Waals surface area (Å²) in [7, 11) is 0. The minimum Gasteiger partial charge on any atom is -0.494 e. The standard InChI is InChI=1S/C31H48O4/c1-3-7-29-27(5-1)28-6-2-4-8-30(28)31(29,21-9-13-23(14-10-21)32-17-25-19-34-25)22-11-15-24(16-12-22)33-18-26-20-35-26/h17,21-24,26-30H,1-16,18-20H2/b25-17-. The molecule has 0 spiro atoms. The smallest absolute Gasteiger partial charge is 0.168 e. The second-order valence-corrected chi connectivity index (χ2v) is 13.4. The number of ether oxygens (including phenoxy) is 4. The number of hydrogen-bond donors (Lipinski definition) is 0. The quantitative estimate of drug-likeness (QED) is 0.288. The summed E-state index contributed by atoms with van der Waals surface area (Å²) in [6.07, 6.45) is 26.1. The van der Waals surface area contributed by atoms with Crippen molar-refractivity contribution in [1.29, 1.82) is 0 Å². The second-order valence-electron chi connectivity index (χ2n) is 13.4. The molecule has 196 valence electrons. The molecular formula is C31H48O4. The van der Waals surface area contributed by atoms with Crippen LogP contribution in [0.1, 0.15) is 103 Å². The molecule has 7 rings (SSSR count). The normalized spacial score (nSPS) is 50.2. The fourth-order valence-corrected chi connectivity index (χ4v) is 10.5. The molecule has 0 aromatic rings. The lowest BCUT2D eigenvalue weighted by Crippen LogP contribution is -2.50. The van der Waals surface area contributed by atoms with Crippen LogP contribution in [0.25, 0.3) is 0 Å². The molecule has 0 N–H and O–H groups in total. The van der Waals surface area contributed by atoms with Gasteiger partial charge < -0.3 is 18.9 Å². The molecule has 5 unspecified atom stereocenters. The van der Waals surface area contributed by atoms with Crippen LogP contribution >= 0.6 is 0 Å². The molecule has 0 bridgehead atoms. The van der Waals surface area contributed by atoms with Gasteiger partial charge in [-0.25, -0.2) is 0 Å². The zero-order valence-corrected chi connectivity index (χ0v) is 21.8. The van der Waals surface area contributed by atoms with Gasteiger partial charge in [0.05, 0.1) is 25.4 Å². The molecule has 35 heavy (non-hydrogen) atoms. The Kier molecular flexibility index (Phi) is 6.58. The van der Waals surface area contributed by atoms with Crippen LogP contribution in [0, 0.1) is 40.9 Å². The van der Waals surface area contributed by atoms with Crippen molar-refractivity contribution in [2.24, 2.45) is 40.9 Å². The van der Waals surface area contributed by atoms with E-state index in [-0.39, 0.29) is 0 Å². The Hall–Kier alpha value is -0.740. The number of rotatable bonds is 7. The van der Waals surface area contributed by atoms with Gasteiger partial charge in [-0.2, -0.15) is 0 Å². The van der Waals surface area contributed by atoms with Crippen molar-refractivity contribution in [3.63, 3.8) is 0 Å². The average molecular weight is 485 g/mol. The molecule has 5 saturated carbocycles. The van der Waals surface area contributed by atoms with Crippen molar-refractivity contribution in [3.8, 4) is 0 Å². The Balaban J connectivity index is 1.13. The number of fused-ring (bicyclic) bond motifs is 3. The third-order valence-electron chi connectivity index (χ3n) is 11.9. The van der Waals surface area contributed by atoms with E-state index >= 15 is 0 Å². The minimum atomic E-state index is 0.402. The predicted molar refractivity (Wildman–Crippen MR) is 136 cm³/mol. The van der Waals surface area contributed by atoms with E-state index in [2.05, 4.69) is 0 Å². The van der Waals surface area contributed by atoms with Crippen molar-refractivity contribution in [2.45, 2.75) is 121 Å². The fourth-order valence-electron chi connectivity index (χ4n) is 10.5. The summed E-state index contributed by atoms with van der Waals surface area (Å²) in [5.74, 6) is 7.01. The molecule has 0 radical (unpaired) electrons. The highest BCUT2D eigenvalue weighted by Crippen LogP contribution is 2.71. The first-order valence-corrected chi connectivity index (χ1v) is 15.5. The first-order valence-electron chi connectivity index (χ1n) is 15.5. The molecule has 0 aromatic carbocycles.